The van der Waals surface area contributed by atoms with Gasteiger partial charge in [0, 0.05) is 31.1 Å². The molecule has 0 unspecified atom stereocenters. The van der Waals surface area contributed by atoms with E-state index in [4.69, 9.17) is 16.3 Å². The third kappa shape index (κ3) is 6.28. The lowest BCUT2D eigenvalue weighted by atomic mass is 10.2. The molecule has 0 spiro atoms. The van der Waals surface area contributed by atoms with Gasteiger partial charge in [-0.15, -0.1) is 0 Å². The zero-order valence-corrected chi connectivity index (χ0v) is 15.4. The molecular formula is C19H16ClFN2O4. The van der Waals surface area contributed by atoms with Crippen molar-refractivity contribution in [3.63, 3.8) is 0 Å². The van der Waals surface area contributed by atoms with Gasteiger partial charge in [-0.25, -0.2) is 9.18 Å². The highest BCUT2D eigenvalue weighted by atomic mass is 35.5. The van der Waals surface area contributed by atoms with Crippen LogP contribution in [0.3, 0.4) is 0 Å². The van der Waals surface area contributed by atoms with E-state index in [1.54, 1.807) is 24.1 Å². The van der Waals surface area contributed by atoms with E-state index >= 15 is 0 Å². The minimum atomic E-state index is -0.836. The van der Waals surface area contributed by atoms with Gasteiger partial charge in [0.25, 0.3) is 0 Å². The second-order valence-corrected chi connectivity index (χ2v) is 5.75. The monoisotopic (exact) mass is 390 g/mol. The van der Waals surface area contributed by atoms with Crippen LogP contribution in [0.1, 0.15) is 12.0 Å². The van der Waals surface area contributed by atoms with Gasteiger partial charge >= 0.3 is 11.9 Å². The summed E-state index contributed by atoms with van der Waals surface area (Å²) in [6.45, 7) is 0.389. The molecular weight excluding hydrogens is 375 g/mol. The SMILES string of the molecule is COC(=O)CCN(C)c1cccc(OC(=O)C#Cc2ccc(F)cc2Cl)n1. The van der Waals surface area contributed by atoms with Crippen molar-refractivity contribution in [2.24, 2.45) is 0 Å². The molecule has 1 heterocycles. The zero-order chi connectivity index (χ0) is 19.8. The molecule has 27 heavy (non-hydrogen) atoms. The molecule has 1 aromatic heterocycles. The molecule has 0 saturated heterocycles. The van der Waals surface area contributed by atoms with Gasteiger partial charge in [-0.3, -0.25) is 4.79 Å². The Morgan fingerprint density at radius 1 is 1.30 bits per heavy atom. The summed E-state index contributed by atoms with van der Waals surface area (Å²) >= 11 is 5.85. The topological polar surface area (TPSA) is 68.7 Å². The zero-order valence-electron chi connectivity index (χ0n) is 14.7. The summed E-state index contributed by atoms with van der Waals surface area (Å²) in [5.41, 5.74) is 0.305. The molecule has 0 N–H and O–H groups in total. The molecule has 0 aliphatic heterocycles. The van der Waals surface area contributed by atoms with Gasteiger partial charge in [-0.05, 0) is 24.3 Å². The van der Waals surface area contributed by atoms with E-state index in [0.717, 1.165) is 6.07 Å². The van der Waals surface area contributed by atoms with Gasteiger partial charge in [0.1, 0.15) is 11.6 Å². The van der Waals surface area contributed by atoms with Crippen LogP contribution in [0.2, 0.25) is 5.02 Å². The van der Waals surface area contributed by atoms with Crippen LogP contribution in [-0.4, -0.2) is 37.6 Å². The number of pyridine rings is 1. The molecule has 0 aliphatic carbocycles. The first-order valence-corrected chi connectivity index (χ1v) is 8.20. The lowest BCUT2D eigenvalue weighted by Crippen LogP contribution is -2.22. The van der Waals surface area contributed by atoms with E-state index in [0.29, 0.717) is 17.9 Å². The van der Waals surface area contributed by atoms with Crippen molar-refractivity contribution in [1.82, 2.24) is 4.98 Å². The number of hydrogen-bond acceptors (Lipinski definition) is 6. The smallest absolute Gasteiger partial charge is 0.391 e. The maximum absolute atomic E-state index is 13.0. The average molecular weight is 391 g/mol. The first-order chi connectivity index (χ1) is 12.9. The molecule has 0 radical (unpaired) electrons. The normalized spacial score (nSPS) is 9.78. The van der Waals surface area contributed by atoms with Crippen molar-refractivity contribution in [2.45, 2.75) is 6.42 Å². The Labute approximate surface area is 160 Å². The molecule has 1 aromatic carbocycles. The van der Waals surface area contributed by atoms with Crippen LogP contribution in [0, 0.1) is 17.7 Å². The number of benzene rings is 1. The highest BCUT2D eigenvalue weighted by molar-refractivity contribution is 6.31. The summed E-state index contributed by atoms with van der Waals surface area (Å²) in [4.78, 5) is 29.0. The van der Waals surface area contributed by atoms with Crippen LogP contribution < -0.4 is 9.64 Å². The van der Waals surface area contributed by atoms with Gasteiger partial charge < -0.3 is 14.4 Å². The van der Waals surface area contributed by atoms with Crippen molar-refractivity contribution in [3.05, 3.63) is 52.8 Å². The summed E-state index contributed by atoms with van der Waals surface area (Å²) < 4.78 is 22.7. The highest BCUT2D eigenvalue weighted by Gasteiger charge is 2.09. The fraction of sp³-hybridized carbons (Fsp3) is 0.211. The highest BCUT2D eigenvalue weighted by Crippen LogP contribution is 2.17. The molecule has 8 heteroatoms. The van der Waals surface area contributed by atoms with E-state index in [1.165, 1.54) is 25.3 Å². The number of rotatable bonds is 5. The quantitative estimate of drug-likeness (QED) is 0.577. The summed E-state index contributed by atoms with van der Waals surface area (Å²) in [6, 6.07) is 8.53. The van der Waals surface area contributed by atoms with E-state index in [1.807, 2.05) is 0 Å². The number of halogens is 2. The van der Waals surface area contributed by atoms with Gasteiger partial charge in [0.05, 0.1) is 18.6 Å². The van der Waals surface area contributed by atoms with E-state index in [-0.39, 0.29) is 23.3 Å². The molecule has 0 fully saturated rings. The molecule has 0 amide bonds. The molecule has 2 aromatic rings. The molecule has 2 rings (SSSR count). The number of hydrogen-bond donors (Lipinski definition) is 0. The van der Waals surface area contributed by atoms with E-state index < -0.39 is 11.8 Å². The second kappa shape index (κ2) is 9.55. The fourth-order valence-corrected chi connectivity index (χ4v) is 2.19. The second-order valence-electron chi connectivity index (χ2n) is 5.35. The van der Waals surface area contributed by atoms with Gasteiger partial charge in [0.2, 0.25) is 5.88 Å². The largest absolute Gasteiger partial charge is 0.469 e. The first kappa shape index (κ1) is 20.2. The fourth-order valence-electron chi connectivity index (χ4n) is 1.98. The molecule has 6 nitrogen and oxygen atoms in total. The molecule has 0 atom stereocenters. The number of aromatic nitrogens is 1. The van der Waals surface area contributed by atoms with Crippen molar-refractivity contribution in [1.29, 1.82) is 0 Å². The van der Waals surface area contributed by atoms with Crippen molar-refractivity contribution in [3.8, 4) is 17.7 Å². The number of carbonyl (C=O) groups is 2. The van der Waals surface area contributed by atoms with Gasteiger partial charge in [-0.1, -0.05) is 23.6 Å². The number of carbonyl (C=O) groups excluding carboxylic acids is 2. The predicted octanol–water partition coefficient (Wildman–Crippen LogP) is 2.83. The Hall–Kier alpha value is -3.11. The van der Waals surface area contributed by atoms with Crippen LogP contribution in [0.15, 0.2) is 36.4 Å². The number of methoxy groups -OCH3 is 1. The number of anilines is 1. The summed E-state index contributed by atoms with van der Waals surface area (Å²) in [7, 11) is 3.06. The third-order valence-electron chi connectivity index (χ3n) is 3.41. The summed E-state index contributed by atoms with van der Waals surface area (Å²) in [5, 5.41) is 0.0997. The Kier molecular flexibility index (Phi) is 7.15. The lowest BCUT2D eigenvalue weighted by Gasteiger charge is -2.17. The van der Waals surface area contributed by atoms with Crippen LogP contribution in [0.4, 0.5) is 10.2 Å². The Balaban J connectivity index is 2.02. The number of esters is 2. The van der Waals surface area contributed by atoms with Crippen LogP contribution in [0.5, 0.6) is 5.88 Å². The number of nitrogens with zero attached hydrogens (tertiary/aromatic N) is 2. The molecule has 0 bridgehead atoms. The average Bonchev–Trinajstić information content (AvgIpc) is 2.65. The van der Waals surface area contributed by atoms with Gasteiger partial charge in [-0.2, -0.15) is 4.98 Å². The minimum Gasteiger partial charge on any atom is -0.469 e. The predicted molar refractivity (Wildman–Crippen MR) is 98.1 cm³/mol. The van der Waals surface area contributed by atoms with Crippen LogP contribution in [0.25, 0.3) is 0 Å². The van der Waals surface area contributed by atoms with Crippen LogP contribution in [-0.2, 0) is 14.3 Å². The lowest BCUT2D eigenvalue weighted by molar-refractivity contribution is -0.140. The van der Waals surface area contributed by atoms with E-state index in [2.05, 4.69) is 21.6 Å². The van der Waals surface area contributed by atoms with Crippen molar-refractivity contribution in [2.75, 3.05) is 25.6 Å². The maximum Gasteiger partial charge on any atom is 0.391 e. The first-order valence-electron chi connectivity index (χ1n) is 7.83. The van der Waals surface area contributed by atoms with Crippen LogP contribution >= 0.6 is 11.6 Å². The van der Waals surface area contributed by atoms with E-state index in [9.17, 15) is 14.0 Å². The molecule has 140 valence electrons. The van der Waals surface area contributed by atoms with Crippen molar-refractivity contribution >= 4 is 29.4 Å². The summed E-state index contributed by atoms with van der Waals surface area (Å²) in [6.07, 6.45) is 0.197. The maximum atomic E-state index is 13.0. The number of ether oxygens (including phenoxy) is 2. The minimum absolute atomic E-state index is 0.0573. The Morgan fingerprint density at radius 3 is 2.78 bits per heavy atom. The molecule has 0 saturated carbocycles. The molecule has 0 aliphatic rings. The van der Waals surface area contributed by atoms with Gasteiger partial charge in [0.15, 0.2) is 0 Å². The Bertz CT molecular complexity index is 908. The summed E-state index contributed by atoms with van der Waals surface area (Å²) in [5.74, 6) is 3.70. The standard InChI is InChI=1S/C19H16ClFN2O4/c1-23(11-10-18(24)26-2)16-4-3-5-17(22-16)27-19(25)9-7-13-6-8-14(21)12-15(13)20/h3-6,8,12H,10-11H2,1-2H3. The Morgan fingerprint density at radius 2 is 2.07 bits per heavy atom. The van der Waals surface area contributed by atoms with Crippen molar-refractivity contribution < 1.29 is 23.5 Å². The third-order valence-corrected chi connectivity index (χ3v) is 3.72.